The average Bonchev–Trinajstić information content (AvgIpc) is 2.46. The zero-order valence-corrected chi connectivity index (χ0v) is 13.1. The summed E-state index contributed by atoms with van der Waals surface area (Å²) < 4.78 is 36.8. The van der Waals surface area contributed by atoms with Crippen molar-refractivity contribution in [2.75, 3.05) is 20.3 Å². The van der Waals surface area contributed by atoms with Gasteiger partial charge in [-0.3, -0.25) is 4.79 Å². The first kappa shape index (κ1) is 15.8. The molecule has 0 amide bonds. The van der Waals surface area contributed by atoms with E-state index in [1.54, 1.807) is 26.0 Å². The third-order valence-electron chi connectivity index (χ3n) is 3.39. The van der Waals surface area contributed by atoms with Crippen LogP contribution < -0.4 is 4.74 Å². The number of benzene rings is 1. The van der Waals surface area contributed by atoms with Crippen LogP contribution in [0.15, 0.2) is 29.2 Å². The maximum absolute atomic E-state index is 12.8. The minimum Gasteiger partial charge on any atom is -0.497 e. The van der Waals surface area contributed by atoms with Crippen molar-refractivity contribution < 1.29 is 22.7 Å². The predicted octanol–water partition coefficient (Wildman–Crippen LogP) is 1.27. The number of methoxy groups -OCH3 is 1. The fraction of sp³-hybridized carbons (Fsp3) is 0.500. The molecule has 7 heteroatoms. The summed E-state index contributed by atoms with van der Waals surface area (Å²) in [6.45, 7) is 3.83. The van der Waals surface area contributed by atoms with E-state index < -0.39 is 22.0 Å². The topological polar surface area (TPSA) is 72.9 Å². The minimum atomic E-state index is -3.77. The molecule has 116 valence electrons. The molecule has 1 aromatic carbocycles. The molecular weight excluding hydrogens is 294 g/mol. The van der Waals surface area contributed by atoms with Crippen LogP contribution in [0, 0.1) is 5.92 Å². The lowest BCUT2D eigenvalue weighted by Crippen LogP contribution is -2.53. The van der Waals surface area contributed by atoms with Crippen LogP contribution in [0.5, 0.6) is 5.75 Å². The standard InChI is InChI=1S/C14H19NO5S/c1-10(2)13-14(16)20-8-7-15(13)21(17,18)12-6-4-5-11(9-12)19-3/h4-6,9-10,13H,7-8H2,1-3H3/t13-/m1/s1. The third kappa shape index (κ3) is 3.03. The molecule has 0 N–H and O–H groups in total. The molecule has 2 rings (SSSR count). The number of esters is 1. The Labute approximate surface area is 124 Å². The van der Waals surface area contributed by atoms with Crippen molar-refractivity contribution in [3.05, 3.63) is 24.3 Å². The third-order valence-corrected chi connectivity index (χ3v) is 5.26. The van der Waals surface area contributed by atoms with E-state index in [1.807, 2.05) is 0 Å². The number of carbonyl (C=O) groups excluding carboxylic acids is 1. The van der Waals surface area contributed by atoms with E-state index in [4.69, 9.17) is 9.47 Å². The zero-order valence-electron chi connectivity index (χ0n) is 12.3. The van der Waals surface area contributed by atoms with Gasteiger partial charge in [0.2, 0.25) is 10.0 Å². The number of rotatable bonds is 4. The molecule has 1 aliphatic rings. The van der Waals surface area contributed by atoms with Crippen molar-refractivity contribution in [2.24, 2.45) is 5.92 Å². The number of hydrogen-bond donors (Lipinski definition) is 0. The molecule has 0 radical (unpaired) electrons. The number of morpholine rings is 1. The molecule has 1 heterocycles. The van der Waals surface area contributed by atoms with Crippen LogP contribution in [0.1, 0.15) is 13.8 Å². The van der Waals surface area contributed by atoms with Crippen LogP contribution in [-0.2, 0) is 19.6 Å². The van der Waals surface area contributed by atoms with Crippen molar-refractivity contribution >= 4 is 16.0 Å². The van der Waals surface area contributed by atoms with Crippen LogP contribution in [0.4, 0.5) is 0 Å². The Morgan fingerprint density at radius 2 is 2.10 bits per heavy atom. The monoisotopic (exact) mass is 313 g/mol. The van der Waals surface area contributed by atoms with Gasteiger partial charge in [0, 0.05) is 12.6 Å². The van der Waals surface area contributed by atoms with Crippen LogP contribution in [0.2, 0.25) is 0 Å². The molecule has 1 aliphatic heterocycles. The molecule has 1 fully saturated rings. The van der Waals surface area contributed by atoms with E-state index in [0.29, 0.717) is 5.75 Å². The van der Waals surface area contributed by atoms with Gasteiger partial charge in [-0.1, -0.05) is 19.9 Å². The highest BCUT2D eigenvalue weighted by Gasteiger charge is 2.41. The summed E-state index contributed by atoms with van der Waals surface area (Å²) in [5, 5.41) is 0. The summed E-state index contributed by atoms with van der Waals surface area (Å²) in [6.07, 6.45) is 0. The summed E-state index contributed by atoms with van der Waals surface area (Å²) in [5.41, 5.74) is 0. The lowest BCUT2D eigenvalue weighted by Gasteiger charge is -2.35. The highest BCUT2D eigenvalue weighted by Crippen LogP contribution is 2.27. The second-order valence-electron chi connectivity index (χ2n) is 5.15. The van der Waals surface area contributed by atoms with E-state index in [9.17, 15) is 13.2 Å². The maximum Gasteiger partial charge on any atom is 0.324 e. The molecule has 1 aromatic rings. The molecule has 6 nitrogen and oxygen atoms in total. The first-order valence-corrected chi connectivity index (χ1v) is 8.14. The Morgan fingerprint density at radius 1 is 1.38 bits per heavy atom. The zero-order chi connectivity index (χ0) is 15.6. The van der Waals surface area contributed by atoms with Gasteiger partial charge in [-0.15, -0.1) is 0 Å². The summed E-state index contributed by atoms with van der Waals surface area (Å²) in [6, 6.07) is 5.43. The summed E-state index contributed by atoms with van der Waals surface area (Å²) in [7, 11) is -2.30. The molecule has 0 saturated carbocycles. The van der Waals surface area contributed by atoms with Crippen LogP contribution in [0.3, 0.4) is 0 Å². The van der Waals surface area contributed by atoms with Crippen LogP contribution >= 0.6 is 0 Å². The maximum atomic E-state index is 12.8. The predicted molar refractivity (Wildman–Crippen MR) is 76.5 cm³/mol. The van der Waals surface area contributed by atoms with Gasteiger partial charge in [-0.05, 0) is 18.1 Å². The molecule has 0 bridgehead atoms. The van der Waals surface area contributed by atoms with Crippen molar-refractivity contribution in [3.63, 3.8) is 0 Å². The van der Waals surface area contributed by atoms with E-state index in [0.717, 1.165) is 0 Å². The van der Waals surface area contributed by atoms with Crippen LogP contribution in [-0.4, -0.2) is 45.0 Å². The molecule has 1 atom stereocenters. The largest absolute Gasteiger partial charge is 0.497 e. The van der Waals surface area contributed by atoms with Crippen molar-refractivity contribution in [3.8, 4) is 5.75 Å². The lowest BCUT2D eigenvalue weighted by molar-refractivity contribution is -0.155. The van der Waals surface area contributed by atoms with Gasteiger partial charge in [0.25, 0.3) is 0 Å². The highest BCUT2D eigenvalue weighted by molar-refractivity contribution is 7.89. The first-order chi connectivity index (χ1) is 9.87. The summed E-state index contributed by atoms with van der Waals surface area (Å²) >= 11 is 0. The van der Waals surface area contributed by atoms with Gasteiger partial charge in [0.15, 0.2) is 0 Å². The molecule has 1 saturated heterocycles. The number of ether oxygens (including phenoxy) is 2. The Bertz CT molecular complexity index is 626. The van der Waals surface area contributed by atoms with Gasteiger partial charge < -0.3 is 9.47 Å². The fourth-order valence-electron chi connectivity index (χ4n) is 2.35. The Hall–Kier alpha value is -1.60. The van der Waals surface area contributed by atoms with E-state index in [-0.39, 0.29) is 24.0 Å². The molecule has 21 heavy (non-hydrogen) atoms. The molecule has 0 aromatic heterocycles. The molecule has 0 spiro atoms. The smallest absolute Gasteiger partial charge is 0.324 e. The van der Waals surface area contributed by atoms with E-state index >= 15 is 0 Å². The van der Waals surface area contributed by atoms with Crippen molar-refractivity contribution in [1.29, 1.82) is 0 Å². The second kappa shape index (κ2) is 6.03. The normalized spacial score (nSPS) is 20.4. The van der Waals surface area contributed by atoms with Crippen molar-refractivity contribution in [1.82, 2.24) is 4.31 Å². The number of sulfonamides is 1. The minimum absolute atomic E-state index is 0.0747. The fourth-order valence-corrected chi connectivity index (χ4v) is 4.08. The molecular formula is C14H19NO5S. The number of hydrogen-bond acceptors (Lipinski definition) is 5. The Kier molecular flexibility index (Phi) is 4.53. The number of carbonyl (C=O) groups is 1. The SMILES string of the molecule is COc1cccc(S(=O)(=O)N2CCOC(=O)[C@H]2C(C)C)c1. The first-order valence-electron chi connectivity index (χ1n) is 6.70. The van der Waals surface area contributed by atoms with Crippen molar-refractivity contribution in [2.45, 2.75) is 24.8 Å². The van der Waals surface area contributed by atoms with Gasteiger partial charge >= 0.3 is 5.97 Å². The van der Waals surface area contributed by atoms with E-state index in [2.05, 4.69) is 0 Å². The molecule has 0 unspecified atom stereocenters. The Morgan fingerprint density at radius 3 is 2.71 bits per heavy atom. The molecule has 0 aliphatic carbocycles. The van der Waals surface area contributed by atoms with E-state index in [1.165, 1.54) is 23.5 Å². The highest BCUT2D eigenvalue weighted by atomic mass is 32.2. The van der Waals surface area contributed by atoms with Crippen LogP contribution in [0.25, 0.3) is 0 Å². The number of cyclic esters (lactones) is 1. The summed E-state index contributed by atoms with van der Waals surface area (Å²) in [4.78, 5) is 12.0. The summed E-state index contributed by atoms with van der Waals surface area (Å²) in [5.74, 6) is -0.210. The lowest BCUT2D eigenvalue weighted by atomic mass is 10.0. The quantitative estimate of drug-likeness (QED) is 0.783. The Balaban J connectivity index is 2.43. The van der Waals surface area contributed by atoms with Gasteiger partial charge in [0.05, 0.1) is 12.0 Å². The number of nitrogens with zero attached hydrogens (tertiary/aromatic N) is 1. The second-order valence-corrected chi connectivity index (χ2v) is 7.04. The average molecular weight is 313 g/mol. The van der Waals surface area contributed by atoms with Gasteiger partial charge in [0.1, 0.15) is 18.4 Å². The van der Waals surface area contributed by atoms with Gasteiger partial charge in [-0.2, -0.15) is 4.31 Å². The van der Waals surface area contributed by atoms with Gasteiger partial charge in [-0.25, -0.2) is 8.42 Å².